The predicted octanol–water partition coefficient (Wildman–Crippen LogP) is 1.28. The summed E-state index contributed by atoms with van der Waals surface area (Å²) in [5, 5.41) is 2.29. The van der Waals surface area contributed by atoms with Gasteiger partial charge in [-0.25, -0.2) is 4.79 Å². The smallest absolute Gasteiger partial charge is 0.324 e. The Labute approximate surface area is 84.0 Å². The molecule has 0 aliphatic carbocycles. The van der Waals surface area contributed by atoms with E-state index in [4.69, 9.17) is 0 Å². The summed E-state index contributed by atoms with van der Waals surface area (Å²) >= 11 is 0. The second-order valence-electron chi connectivity index (χ2n) is 3.66. The van der Waals surface area contributed by atoms with E-state index in [1.165, 1.54) is 5.57 Å². The van der Waals surface area contributed by atoms with Gasteiger partial charge in [-0.2, -0.15) is 0 Å². The number of carbonyl (C=O) groups is 2. The van der Waals surface area contributed by atoms with Gasteiger partial charge in [-0.3, -0.25) is 10.1 Å². The lowest BCUT2D eigenvalue weighted by molar-refractivity contribution is -0.121. The largest absolute Gasteiger partial charge is 0.324 e. The van der Waals surface area contributed by atoms with Crippen molar-refractivity contribution in [2.45, 2.75) is 26.7 Å². The van der Waals surface area contributed by atoms with E-state index in [1.807, 2.05) is 13.8 Å². The monoisotopic (exact) mass is 196 g/mol. The predicted molar refractivity (Wildman–Crippen MR) is 53.8 cm³/mol. The molecular weight excluding hydrogens is 180 g/mol. The van der Waals surface area contributed by atoms with Gasteiger partial charge in [0.2, 0.25) is 5.91 Å². The van der Waals surface area contributed by atoms with E-state index in [0.717, 1.165) is 6.42 Å². The Morgan fingerprint density at radius 1 is 1.50 bits per heavy atom. The number of imide groups is 1. The van der Waals surface area contributed by atoms with Gasteiger partial charge in [0.1, 0.15) is 0 Å². The first-order chi connectivity index (χ1) is 6.59. The normalized spacial score (nSPS) is 16.6. The maximum absolute atomic E-state index is 11.3. The molecule has 78 valence electrons. The number of carbonyl (C=O) groups excluding carboxylic acids is 2. The zero-order chi connectivity index (χ0) is 10.6. The van der Waals surface area contributed by atoms with Crippen LogP contribution < -0.4 is 5.32 Å². The fraction of sp³-hybridized carbons (Fsp3) is 0.600. The number of hydrogen-bond acceptors (Lipinski definition) is 2. The Bertz CT molecular complexity index is 267. The van der Waals surface area contributed by atoms with Crippen molar-refractivity contribution >= 4 is 11.9 Å². The molecule has 4 heteroatoms. The Morgan fingerprint density at radius 2 is 2.21 bits per heavy atom. The van der Waals surface area contributed by atoms with Gasteiger partial charge in [-0.1, -0.05) is 11.6 Å². The highest BCUT2D eigenvalue weighted by Crippen LogP contribution is 2.02. The van der Waals surface area contributed by atoms with Crippen molar-refractivity contribution < 1.29 is 9.59 Å². The molecule has 0 unspecified atom stereocenters. The highest BCUT2D eigenvalue weighted by atomic mass is 16.2. The summed E-state index contributed by atoms with van der Waals surface area (Å²) in [6, 6.07) is -0.261. The van der Waals surface area contributed by atoms with Gasteiger partial charge in [0.15, 0.2) is 0 Å². The molecular formula is C10H16N2O2. The van der Waals surface area contributed by atoms with E-state index in [9.17, 15) is 9.59 Å². The van der Waals surface area contributed by atoms with E-state index in [0.29, 0.717) is 19.5 Å². The van der Waals surface area contributed by atoms with Crippen molar-refractivity contribution in [3.63, 3.8) is 0 Å². The van der Waals surface area contributed by atoms with E-state index in [-0.39, 0.29) is 11.9 Å². The Morgan fingerprint density at radius 3 is 2.79 bits per heavy atom. The molecule has 0 saturated carbocycles. The lowest BCUT2D eigenvalue weighted by atomic mass is 10.2. The minimum absolute atomic E-state index is 0.173. The Kier molecular flexibility index (Phi) is 3.68. The molecule has 0 aromatic carbocycles. The van der Waals surface area contributed by atoms with Crippen LogP contribution in [0.2, 0.25) is 0 Å². The molecule has 3 amide bonds. The van der Waals surface area contributed by atoms with Crippen molar-refractivity contribution in [1.82, 2.24) is 10.2 Å². The zero-order valence-electron chi connectivity index (χ0n) is 8.67. The SMILES string of the molecule is CC(C)=CCCN1CCC(=O)NC1=O. The first kappa shape index (κ1) is 10.8. The Hall–Kier alpha value is -1.32. The van der Waals surface area contributed by atoms with Crippen LogP contribution in [0.1, 0.15) is 26.7 Å². The van der Waals surface area contributed by atoms with Crippen molar-refractivity contribution in [2.75, 3.05) is 13.1 Å². The summed E-state index contributed by atoms with van der Waals surface area (Å²) in [6.45, 7) is 5.28. The summed E-state index contributed by atoms with van der Waals surface area (Å²) in [4.78, 5) is 23.8. The first-order valence-electron chi connectivity index (χ1n) is 4.81. The fourth-order valence-corrected chi connectivity index (χ4v) is 1.32. The standard InChI is InChI=1S/C10H16N2O2/c1-8(2)4-3-6-12-7-5-9(13)11-10(12)14/h4H,3,5-7H2,1-2H3,(H,11,13,14). The molecule has 1 saturated heterocycles. The number of nitrogens with zero attached hydrogens (tertiary/aromatic N) is 1. The third-order valence-corrected chi connectivity index (χ3v) is 2.09. The van der Waals surface area contributed by atoms with Crippen molar-refractivity contribution in [2.24, 2.45) is 0 Å². The molecule has 14 heavy (non-hydrogen) atoms. The minimum Gasteiger partial charge on any atom is -0.324 e. The Balaban J connectivity index is 2.35. The van der Waals surface area contributed by atoms with Crippen molar-refractivity contribution in [3.05, 3.63) is 11.6 Å². The molecule has 1 N–H and O–H groups in total. The molecule has 1 rings (SSSR count). The van der Waals surface area contributed by atoms with Gasteiger partial charge < -0.3 is 4.90 Å². The van der Waals surface area contributed by atoms with Gasteiger partial charge in [0.25, 0.3) is 0 Å². The molecule has 0 atom stereocenters. The van der Waals surface area contributed by atoms with E-state index >= 15 is 0 Å². The average Bonchev–Trinajstić information content (AvgIpc) is 2.08. The third-order valence-electron chi connectivity index (χ3n) is 2.09. The number of urea groups is 1. The van der Waals surface area contributed by atoms with Crippen LogP contribution in [-0.4, -0.2) is 29.9 Å². The molecule has 1 aliphatic rings. The van der Waals surface area contributed by atoms with E-state index < -0.39 is 0 Å². The second-order valence-corrected chi connectivity index (χ2v) is 3.66. The van der Waals surface area contributed by atoms with Crippen molar-refractivity contribution in [3.8, 4) is 0 Å². The molecule has 0 aromatic rings. The lowest BCUT2D eigenvalue weighted by Crippen LogP contribution is -2.49. The minimum atomic E-state index is -0.261. The van der Waals surface area contributed by atoms with Crippen LogP contribution >= 0.6 is 0 Å². The van der Waals surface area contributed by atoms with Crippen LogP contribution in [0.15, 0.2) is 11.6 Å². The van der Waals surface area contributed by atoms with Crippen LogP contribution in [0.4, 0.5) is 4.79 Å². The number of amides is 3. The van der Waals surface area contributed by atoms with Crippen LogP contribution in [0, 0.1) is 0 Å². The number of nitrogens with one attached hydrogen (secondary N) is 1. The van der Waals surface area contributed by atoms with Gasteiger partial charge in [0, 0.05) is 19.5 Å². The summed E-state index contributed by atoms with van der Waals surface area (Å²) < 4.78 is 0. The van der Waals surface area contributed by atoms with E-state index in [2.05, 4.69) is 11.4 Å². The summed E-state index contributed by atoms with van der Waals surface area (Å²) in [5.41, 5.74) is 1.25. The number of hydrogen-bond donors (Lipinski definition) is 1. The maximum Gasteiger partial charge on any atom is 0.324 e. The van der Waals surface area contributed by atoms with Crippen LogP contribution in [0.5, 0.6) is 0 Å². The summed E-state index contributed by atoms with van der Waals surface area (Å²) in [6.07, 6.45) is 3.36. The van der Waals surface area contributed by atoms with Crippen LogP contribution in [0.3, 0.4) is 0 Å². The zero-order valence-corrected chi connectivity index (χ0v) is 8.67. The fourth-order valence-electron chi connectivity index (χ4n) is 1.32. The highest BCUT2D eigenvalue weighted by molar-refractivity contribution is 5.96. The first-order valence-corrected chi connectivity index (χ1v) is 4.81. The van der Waals surface area contributed by atoms with Gasteiger partial charge in [-0.05, 0) is 20.3 Å². The molecule has 0 radical (unpaired) electrons. The van der Waals surface area contributed by atoms with Gasteiger partial charge in [0.05, 0.1) is 0 Å². The molecule has 0 spiro atoms. The number of allylic oxidation sites excluding steroid dienone is 1. The quantitative estimate of drug-likeness (QED) is 0.691. The van der Waals surface area contributed by atoms with Gasteiger partial charge in [-0.15, -0.1) is 0 Å². The topological polar surface area (TPSA) is 49.4 Å². The van der Waals surface area contributed by atoms with Crippen LogP contribution in [0.25, 0.3) is 0 Å². The van der Waals surface area contributed by atoms with E-state index in [1.54, 1.807) is 4.90 Å². The lowest BCUT2D eigenvalue weighted by Gasteiger charge is -2.25. The highest BCUT2D eigenvalue weighted by Gasteiger charge is 2.21. The number of rotatable bonds is 3. The summed E-state index contributed by atoms with van der Waals surface area (Å²) in [5.74, 6) is -0.173. The maximum atomic E-state index is 11.3. The summed E-state index contributed by atoms with van der Waals surface area (Å²) in [7, 11) is 0. The third kappa shape index (κ3) is 3.20. The second kappa shape index (κ2) is 4.79. The van der Waals surface area contributed by atoms with Crippen molar-refractivity contribution in [1.29, 1.82) is 0 Å². The van der Waals surface area contributed by atoms with Gasteiger partial charge >= 0.3 is 6.03 Å². The molecule has 4 nitrogen and oxygen atoms in total. The molecule has 1 aliphatic heterocycles. The van der Waals surface area contributed by atoms with Crippen LogP contribution in [-0.2, 0) is 4.79 Å². The molecule has 0 bridgehead atoms. The molecule has 1 heterocycles. The molecule has 0 aromatic heterocycles. The average molecular weight is 196 g/mol. The molecule has 1 fully saturated rings.